The number of hydrogen-bond donors (Lipinski definition) is 1. The third-order valence-electron chi connectivity index (χ3n) is 3.15. The third-order valence-corrected chi connectivity index (χ3v) is 4.38. The van der Waals surface area contributed by atoms with Crippen LogP contribution >= 0.6 is 27.5 Å². The fraction of sp³-hybridized carbons (Fsp3) is 0.250. The molecule has 0 aliphatic carbocycles. The number of halogens is 2. The number of rotatable bonds is 5. The summed E-state index contributed by atoms with van der Waals surface area (Å²) in [4.78, 5) is 0. The van der Waals surface area contributed by atoms with Gasteiger partial charge in [0.2, 0.25) is 0 Å². The minimum absolute atomic E-state index is 0.762. The first-order chi connectivity index (χ1) is 9.16. The second kappa shape index (κ2) is 7.09. The Hall–Kier alpha value is -0.830. The highest BCUT2D eigenvalue weighted by atomic mass is 79.9. The van der Waals surface area contributed by atoms with Crippen molar-refractivity contribution in [3.05, 3.63) is 68.7 Å². The second-order valence-electron chi connectivity index (χ2n) is 4.60. The van der Waals surface area contributed by atoms with E-state index in [0.717, 1.165) is 29.0 Å². The van der Waals surface area contributed by atoms with Crippen molar-refractivity contribution in [2.75, 3.05) is 6.54 Å². The van der Waals surface area contributed by atoms with E-state index in [9.17, 15) is 0 Å². The van der Waals surface area contributed by atoms with Crippen molar-refractivity contribution in [1.82, 2.24) is 5.32 Å². The molecule has 1 N–H and O–H groups in total. The average molecular weight is 339 g/mol. The van der Waals surface area contributed by atoms with Gasteiger partial charge in [0.15, 0.2) is 0 Å². The Morgan fingerprint density at radius 3 is 2.68 bits per heavy atom. The van der Waals surface area contributed by atoms with E-state index in [4.69, 9.17) is 11.6 Å². The van der Waals surface area contributed by atoms with Crippen molar-refractivity contribution in [1.29, 1.82) is 0 Å². The molecule has 0 radical (unpaired) electrons. The van der Waals surface area contributed by atoms with Gasteiger partial charge >= 0.3 is 0 Å². The molecule has 0 spiro atoms. The van der Waals surface area contributed by atoms with Crippen LogP contribution in [0.4, 0.5) is 0 Å². The molecule has 0 unspecified atom stereocenters. The summed E-state index contributed by atoms with van der Waals surface area (Å²) in [6, 6.07) is 14.6. The van der Waals surface area contributed by atoms with Crippen molar-refractivity contribution in [3.8, 4) is 0 Å². The minimum atomic E-state index is 0.762. The van der Waals surface area contributed by atoms with Crippen molar-refractivity contribution in [2.45, 2.75) is 19.9 Å². The lowest BCUT2D eigenvalue weighted by molar-refractivity contribution is 0.685. The van der Waals surface area contributed by atoms with Gasteiger partial charge in [-0.3, -0.25) is 0 Å². The van der Waals surface area contributed by atoms with E-state index in [0.29, 0.717) is 0 Å². The zero-order chi connectivity index (χ0) is 13.7. The van der Waals surface area contributed by atoms with Gasteiger partial charge in [0, 0.05) is 11.0 Å². The lowest BCUT2D eigenvalue weighted by atomic mass is 10.1. The standard InChI is InChI=1S/C16H17BrClN/c1-12-4-2-3-5-14(12)8-9-19-11-13-6-7-15(17)16(18)10-13/h2-7,10,19H,8-9,11H2,1H3. The maximum atomic E-state index is 6.07. The molecule has 2 aromatic carbocycles. The van der Waals surface area contributed by atoms with Crippen LogP contribution in [0.3, 0.4) is 0 Å². The van der Waals surface area contributed by atoms with E-state index in [1.807, 2.05) is 12.1 Å². The van der Waals surface area contributed by atoms with Crippen LogP contribution in [0.2, 0.25) is 5.02 Å². The van der Waals surface area contributed by atoms with Gasteiger partial charge in [0.1, 0.15) is 0 Å². The lowest BCUT2D eigenvalue weighted by Gasteiger charge is -2.08. The van der Waals surface area contributed by atoms with Gasteiger partial charge in [-0.2, -0.15) is 0 Å². The molecule has 0 aliphatic rings. The molecule has 0 atom stereocenters. The van der Waals surface area contributed by atoms with Crippen LogP contribution in [0.5, 0.6) is 0 Å². The van der Waals surface area contributed by atoms with Gasteiger partial charge in [0.25, 0.3) is 0 Å². The maximum Gasteiger partial charge on any atom is 0.0551 e. The number of nitrogens with one attached hydrogen (secondary N) is 1. The Balaban J connectivity index is 1.81. The molecule has 0 saturated heterocycles. The molecule has 0 amide bonds. The summed E-state index contributed by atoms with van der Waals surface area (Å²) < 4.78 is 0.942. The number of benzene rings is 2. The van der Waals surface area contributed by atoms with Crippen LogP contribution in [0.15, 0.2) is 46.9 Å². The minimum Gasteiger partial charge on any atom is -0.312 e. The molecule has 0 fully saturated rings. The second-order valence-corrected chi connectivity index (χ2v) is 5.86. The Bertz CT molecular complexity index is 554. The molecule has 3 heteroatoms. The summed E-state index contributed by atoms with van der Waals surface area (Å²) in [5.74, 6) is 0. The summed E-state index contributed by atoms with van der Waals surface area (Å²) in [7, 11) is 0. The van der Waals surface area contributed by atoms with Crippen LogP contribution in [-0.4, -0.2) is 6.54 Å². The van der Waals surface area contributed by atoms with Gasteiger partial charge in [0.05, 0.1) is 5.02 Å². The van der Waals surface area contributed by atoms with E-state index in [-0.39, 0.29) is 0 Å². The van der Waals surface area contributed by atoms with Crippen LogP contribution < -0.4 is 5.32 Å². The highest BCUT2D eigenvalue weighted by Gasteiger charge is 2.00. The fourth-order valence-electron chi connectivity index (χ4n) is 2.00. The average Bonchev–Trinajstić information content (AvgIpc) is 2.40. The highest BCUT2D eigenvalue weighted by molar-refractivity contribution is 9.10. The normalized spacial score (nSPS) is 10.7. The molecule has 0 aliphatic heterocycles. The van der Waals surface area contributed by atoms with E-state index in [1.165, 1.54) is 16.7 Å². The fourth-order valence-corrected chi connectivity index (χ4v) is 2.45. The molecule has 19 heavy (non-hydrogen) atoms. The number of aryl methyl sites for hydroxylation is 1. The summed E-state index contributed by atoms with van der Waals surface area (Å²) in [6.45, 7) is 3.97. The van der Waals surface area contributed by atoms with E-state index >= 15 is 0 Å². The largest absolute Gasteiger partial charge is 0.312 e. The third kappa shape index (κ3) is 4.34. The van der Waals surface area contributed by atoms with Gasteiger partial charge in [-0.15, -0.1) is 0 Å². The van der Waals surface area contributed by atoms with Crippen LogP contribution in [0.25, 0.3) is 0 Å². The maximum absolute atomic E-state index is 6.07. The zero-order valence-electron chi connectivity index (χ0n) is 10.9. The lowest BCUT2D eigenvalue weighted by Crippen LogP contribution is -2.17. The van der Waals surface area contributed by atoms with Crippen LogP contribution in [-0.2, 0) is 13.0 Å². The number of hydrogen-bond acceptors (Lipinski definition) is 1. The monoisotopic (exact) mass is 337 g/mol. The molecule has 0 heterocycles. The van der Waals surface area contributed by atoms with E-state index in [1.54, 1.807) is 0 Å². The van der Waals surface area contributed by atoms with Crippen molar-refractivity contribution in [2.24, 2.45) is 0 Å². The Morgan fingerprint density at radius 2 is 1.95 bits per heavy atom. The van der Waals surface area contributed by atoms with Gasteiger partial charge in [-0.25, -0.2) is 0 Å². The zero-order valence-corrected chi connectivity index (χ0v) is 13.3. The van der Waals surface area contributed by atoms with Gasteiger partial charge in [-0.1, -0.05) is 41.9 Å². The van der Waals surface area contributed by atoms with Crippen molar-refractivity contribution in [3.63, 3.8) is 0 Å². The molecule has 0 aromatic heterocycles. The molecular formula is C16H17BrClN. The predicted octanol–water partition coefficient (Wildman–Crippen LogP) is 4.74. The summed E-state index contributed by atoms with van der Waals surface area (Å²) >= 11 is 9.47. The van der Waals surface area contributed by atoms with Crippen molar-refractivity contribution < 1.29 is 0 Å². The molecule has 0 saturated carbocycles. The predicted molar refractivity (Wildman–Crippen MR) is 85.7 cm³/mol. The SMILES string of the molecule is Cc1ccccc1CCNCc1ccc(Br)c(Cl)c1. The highest BCUT2D eigenvalue weighted by Crippen LogP contribution is 2.23. The molecule has 0 bridgehead atoms. The molecule has 2 aromatic rings. The Labute approximate surface area is 128 Å². The van der Waals surface area contributed by atoms with Gasteiger partial charge in [-0.05, 0) is 64.6 Å². The van der Waals surface area contributed by atoms with Crippen LogP contribution in [0, 0.1) is 6.92 Å². The Kier molecular flexibility index (Phi) is 5.44. The van der Waals surface area contributed by atoms with E-state index in [2.05, 4.69) is 58.5 Å². The quantitative estimate of drug-likeness (QED) is 0.776. The first-order valence-corrected chi connectivity index (χ1v) is 7.53. The molecule has 2 rings (SSSR count). The Morgan fingerprint density at radius 1 is 1.16 bits per heavy atom. The first-order valence-electron chi connectivity index (χ1n) is 6.36. The molecular weight excluding hydrogens is 322 g/mol. The topological polar surface area (TPSA) is 12.0 Å². The molecule has 1 nitrogen and oxygen atoms in total. The van der Waals surface area contributed by atoms with Crippen molar-refractivity contribution >= 4 is 27.5 Å². The smallest absolute Gasteiger partial charge is 0.0551 e. The van der Waals surface area contributed by atoms with Crippen LogP contribution in [0.1, 0.15) is 16.7 Å². The summed E-state index contributed by atoms with van der Waals surface area (Å²) in [5.41, 5.74) is 3.97. The van der Waals surface area contributed by atoms with Gasteiger partial charge < -0.3 is 5.32 Å². The summed E-state index contributed by atoms with van der Waals surface area (Å²) in [6.07, 6.45) is 1.05. The summed E-state index contributed by atoms with van der Waals surface area (Å²) in [5, 5.41) is 4.21. The molecule has 100 valence electrons. The van der Waals surface area contributed by atoms with E-state index < -0.39 is 0 Å². The first kappa shape index (κ1) is 14.6.